The van der Waals surface area contributed by atoms with Gasteiger partial charge in [-0.15, -0.1) is 0 Å². The van der Waals surface area contributed by atoms with Gasteiger partial charge in [0, 0.05) is 19.2 Å². The molecule has 138 valence electrons. The summed E-state index contributed by atoms with van der Waals surface area (Å²) in [4.78, 5) is 10.7. The standard InChI is InChI=1S/C18H20N2O5S/c1-13-5-6-15(11-14(13)2)25-18-8-7-16(12-17(18)20(21)22)26(23,24)19-9-3-4-10-19/h5-8,11-12H,3-4,9-10H2,1-2H3. The van der Waals surface area contributed by atoms with Crippen molar-refractivity contribution in [3.05, 3.63) is 57.6 Å². The van der Waals surface area contributed by atoms with Crippen LogP contribution in [-0.4, -0.2) is 30.7 Å². The van der Waals surface area contributed by atoms with E-state index in [2.05, 4.69) is 0 Å². The largest absolute Gasteiger partial charge is 0.450 e. The van der Waals surface area contributed by atoms with Gasteiger partial charge in [0.2, 0.25) is 15.8 Å². The van der Waals surface area contributed by atoms with E-state index in [1.165, 1.54) is 16.4 Å². The van der Waals surface area contributed by atoms with Crippen molar-refractivity contribution in [2.24, 2.45) is 0 Å². The Morgan fingerprint density at radius 2 is 1.73 bits per heavy atom. The number of nitro benzene ring substituents is 1. The van der Waals surface area contributed by atoms with Crippen LogP contribution in [0, 0.1) is 24.0 Å². The second-order valence-electron chi connectivity index (χ2n) is 6.35. The summed E-state index contributed by atoms with van der Waals surface area (Å²) in [5.74, 6) is 0.477. The first kappa shape index (κ1) is 18.3. The van der Waals surface area contributed by atoms with Crippen LogP contribution < -0.4 is 4.74 Å². The molecule has 1 aliphatic heterocycles. The number of aryl methyl sites for hydroxylation is 2. The zero-order valence-electron chi connectivity index (χ0n) is 14.6. The number of rotatable bonds is 5. The van der Waals surface area contributed by atoms with Crippen LogP contribution in [0.15, 0.2) is 41.3 Å². The lowest BCUT2D eigenvalue weighted by Gasteiger charge is -2.16. The number of benzene rings is 2. The molecular weight excluding hydrogens is 356 g/mol. The number of nitrogens with zero attached hydrogens (tertiary/aromatic N) is 2. The molecule has 7 nitrogen and oxygen atoms in total. The average molecular weight is 376 g/mol. The predicted octanol–water partition coefficient (Wildman–Crippen LogP) is 3.79. The molecule has 2 aromatic rings. The van der Waals surface area contributed by atoms with Gasteiger partial charge in [0.25, 0.3) is 0 Å². The molecular formula is C18H20N2O5S. The predicted molar refractivity (Wildman–Crippen MR) is 97.1 cm³/mol. The minimum Gasteiger partial charge on any atom is -0.450 e. The maximum atomic E-state index is 12.6. The molecule has 0 atom stereocenters. The summed E-state index contributed by atoms with van der Waals surface area (Å²) < 4.78 is 32.3. The first-order chi connectivity index (χ1) is 12.3. The van der Waals surface area contributed by atoms with Crippen molar-refractivity contribution in [2.75, 3.05) is 13.1 Å². The highest BCUT2D eigenvalue weighted by atomic mass is 32.2. The van der Waals surface area contributed by atoms with Gasteiger partial charge in [0.05, 0.1) is 9.82 Å². The minimum atomic E-state index is -3.72. The van der Waals surface area contributed by atoms with E-state index < -0.39 is 14.9 Å². The first-order valence-corrected chi connectivity index (χ1v) is 9.77. The summed E-state index contributed by atoms with van der Waals surface area (Å²) in [5, 5.41) is 11.5. The van der Waals surface area contributed by atoms with E-state index in [-0.39, 0.29) is 16.3 Å². The number of hydrogen-bond acceptors (Lipinski definition) is 5. The Labute approximate surface area is 152 Å². The van der Waals surface area contributed by atoms with Gasteiger partial charge in [-0.2, -0.15) is 4.31 Å². The van der Waals surface area contributed by atoms with Crippen LogP contribution in [-0.2, 0) is 10.0 Å². The van der Waals surface area contributed by atoms with Gasteiger partial charge < -0.3 is 4.74 Å². The molecule has 0 aliphatic carbocycles. The lowest BCUT2D eigenvalue weighted by atomic mass is 10.1. The third-order valence-corrected chi connectivity index (χ3v) is 6.43. The quantitative estimate of drug-likeness (QED) is 0.585. The van der Waals surface area contributed by atoms with Crippen LogP contribution in [0.5, 0.6) is 11.5 Å². The summed E-state index contributed by atoms with van der Waals surface area (Å²) >= 11 is 0. The van der Waals surface area contributed by atoms with Gasteiger partial charge in [-0.25, -0.2) is 8.42 Å². The number of sulfonamides is 1. The monoisotopic (exact) mass is 376 g/mol. The highest BCUT2D eigenvalue weighted by Crippen LogP contribution is 2.35. The molecule has 2 aromatic carbocycles. The van der Waals surface area contributed by atoms with Crippen molar-refractivity contribution in [3.8, 4) is 11.5 Å². The van der Waals surface area contributed by atoms with Crippen LogP contribution in [0.2, 0.25) is 0 Å². The van der Waals surface area contributed by atoms with Crippen molar-refractivity contribution in [1.29, 1.82) is 0 Å². The summed E-state index contributed by atoms with van der Waals surface area (Å²) in [5.41, 5.74) is 1.71. The Balaban J connectivity index is 1.97. The molecule has 3 rings (SSSR count). The Morgan fingerprint density at radius 1 is 1.04 bits per heavy atom. The Morgan fingerprint density at radius 3 is 2.35 bits per heavy atom. The fourth-order valence-electron chi connectivity index (χ4n) is 2.87. The molecule has 0 unspecified atom stereocenters. The Bertz CT molecular complexity index is 950. The van der Waals surface area contributed by atoms with Crippen LogP contribution in [0.3, 0.4) is 0 Å². The fraction of sp³-hybridized carbons (Fsp3) is 0.333. The first-order valence-electron chi connectivity index (χ1n) is 8.33. The molecule has 1 aliphatic rings. The van der Waals surface area contributed by atoms with Crippen molar-refractivity contribution in [2.45, 2.75) is 31.6 Å². The van der Waals surface area contributed by atoms with Gasteiger partial charge in [0.15, 0.2) is 0 Å². The second-order valence-corrected chi connectivity index (χ2v) is 8.28. The van der Waals surface area contributed by atoms with Gasteiger partial charge in [-0.1, -0.05) is 6.07 Å². The molecule has 1 heterocycles. The normalized spacial score (nSPS) is 15.2. The van der Waals surface area contributed by atoms with E-state index in [0.717, 1.165) is 30.0 Å². The average Bonchev–Trinajstić information content (AvgIpc) is 3.13. The maximum absolute atomic E-state index is 12.6. The summed E-state index contributed by atoms with van der Waals surface area (Å²) in [7, 11) is -3.72. The lowest BCUT2D eigenvalue weighted by Crippen LogP contribution is -2.27. The Kier molecular flexibility index (Phi) is 4.97. The zero-order chi connectivity index (χ0) is 18.9. The van der Waals surface area contributed by atoms with Crippen molar-refractivity contribution in [3.63, 3.8) is 0 Å². The highest BCUT2D eigenvalue weighted by Gasteiger charge is 2.30. The van der Waals surface area contributed by atoms with Crippen LogP contribution in [0.1, 0.15) is 24.0 Å². The molecule has 0 aromatic heterocycles. The molecule has 8 heteroatoms. The van der Waals surface area contributed by atoms with Crippen LogP contribution >= 0.6 is 0 Å². The van der Waals surface area contributed by atoms with E-state index in [9.17, 15) is 18.5 Å². The van der Waals surface area contributed by atoms with Gasteiger partial charge in [0.1, 0.15) is 5.75 Å². The maximum Gasteiger partial charge on any atom is 0.312 e. The highest BCUT2D eigenvalue weighted by molar-refractivity contribution is 7.89. The summed E-state index contributed by atoms with van der Waals surface area (Å²) in [6, 6.07) is 9.15. The smallest absolute Gasteiger partial charge is 0.312 e. The third kappa shape index (κ3) is 3.56. The summed E-state index contributed by atoms with van der Waals surface area (Å²) in [6.07, 6.45) is 1.60. The minimum absolute atomic E-state index is 0.0126. The van der Waals surface area contributed by atoms with Gasteiger partial charge in [-0.3, -0.25) is 10.1 Å². The van der Waals surface area contributed by atoms with Crippen LogP contribution in [0.25, 0.3) is 0 Å². The number of ether oxygens (including phenoxy) is 1. The third-order valence-electron chi connectivity index (χ3n) is 4.54. The zero-order valence-corrected chi connectivity index (χ0v) is 15.5. The molecule has 1 fully saturated rings. The number of hydrogen-bond donors (Lipinski definition) is 0. The molecule has 0 bridgehead atoms. The van der Waals surface area contributed by atoms with Crippen LogP contribution in [0.4, 0.5) is 5.69 Å². The van der Waals surface area contributed by atoms with Crippen molar-refractivity contribution >= 4 is 15.7 Å². The molecule has 0 N–H and O–H groups in total. The lowest BCUT2D eigenvalue weighted by molar-refractivity contribution is -0.385. The molecule has 0 amide bonds. The molecule has 1 saturated heterocycles. The van der Waals surface area contributed by atoms with E-state index >= 15 is 0 Å². The molecule has 0 saturated carbocycles. The van der Waals surface area contributed by atoms with Gasteiger partial charge in [-0.05, 0) is 62.1 Å². The SMILES string of the molecule is Cc1ccc(Oc2ccc(S(=O)(=O)N3CCCC3)cc2[N+](=O)[O-])cc1C. The van der Waals surface area contributed by atoms with E-state index in [4.69, 9.17) is 4.74 Å². The van der Waals surface area contributed by atoms with E-state index in [1.807, 2.05) is 19.9 Å². The molecule has 0 radical (unpaired) electrons. The molecule has 26 heavy (non-hydrogen) atoms. The van der Waals surface area contributed by atoms with Gasteiger partial charge >= 0.3 is 5.69 Å². The van der Waals surface area contributed by atoms with E-state index in [0.29, 0.717) is 18.8 Å². The Hall–Kier alpha value is -2.45. The van der Waals surface area contributed by atoms with E-state index in [1.54, 1.807) is 12.1 Å². The number of nitro groups is 1. The van der Waals surface area contributed by atoms with Crippen molar-refractivity contribution in [1.82, 2.24) is 4.31 Å². The fourth-order valence-corrected chi connectivity index (χ4v) is 4.41. The topological polar surface area (TPSA) is 89.8 Å². The summed E-state index contributed by atoms with van der Waals surface area (Å²) in [6.45, 7) is 4.76. The molecule has 0 spiro atoms. The second kappa shape index (κ2) is 7.05. The van der Waals surface area contributed by atoms with Crippen molar-refractivity contribution < 1.29 is 18.1 Å².